The van der Waals surface area contributed by atoms with Crippen LogP contribution in [0.3, 0.4) is 0 Å². The molecule has 2 unspecified atom stereocenters. The average Bonchev–Trinajstić information content (AvgIpc) is 2.27. The molecule has 17 heavy (non-hydrogen) atoms. The van der Waals surface area contributed by atoms with E-state index in [1.54, 1.807) is 0 Å². The summed E-state index contributed by atoms with van der Waals surface area (Å²) in [4.78, 5) is 2.63. The Balaban J connectivity index is 1.83. The van der Waals surface area contributed by atoms with Gasteiger partial charge in [-0.2, -0.15) is 0 Å². The maximum atomic E-state index is 6.31. The first-order chi connectivity index (χ1) is 7.97. The number of nitrogens with two attached hydrogens (primary N) is 1. The second-order valence-corrected chi connectivity index (χ2v) is 7.33. The predicted octanol–water partition coefficient (Wildman–Crippen LogP) is 2.87. The lowest BCUT2D eigenvalue weighted by atomic mass is 9.75. The number of rotatable bonds is 2. The van der Waals surface area contributed by atoms with Gasteiger partial charge in [-0.25, -0.2) is 0 Å². The van der Waals surface area contributed by atoms with E-state index < -0.39 is 0 Å². The minimum Gasteiger partial charge on any atom is -0.326 e. The Labute approximate surface area is 107 Å². The monoisotopic (exact) mass is 238 g/mol. The molecule has 3 atom stereocenters. The standard InChI is InChI=1S/C15H30N2/c1-15(2,3)14(16)11-17-9-8-12-6-4-5-7-13(12)10-17/h12-14H,4-11,16H2,1-3H3/t12?,13?,14-/m1/s1. The number of hydrogen-bond donors (Lipinski definition) is 1. The number of hydrogen-bond acceptors (Lipinski definition) is 2. The van der Waals surface area contributed by atoms with E-state index in [9.17, 15) is 0 Å². The van der Waals surface area contributed by atoms with Gasteiger partial charge in [-0.05, 0) is 36.6 Å². The molecule has 1 saturated carbocycles. The van der Waals surface area contributed by atoms with Gasteiger partial charge in [-0.3, -0.25) is 0 Å². The Hall–Kier alpha value is -0.0800. The Morgan fingerprint density at radius 3 is 2.41 bits per heavy atom. The molecule has 2 rings (SSSR count). The molecule has 1 aliphatic heterocycles. The quantitative estimate of drug-likeness (QED) is 0.801. The summed E-state index contributed by atoms with van der Waals surface area (Å²) in [5, 5.41) is 0. The summed E-state index contributed by atoms with van der Waals surface area (Å²) in [5.41, 5.74) is 6.55. The Bertz CT molecular complexity index is 244. The summed E-state index contributed by atoms with van der Waals surface area (Å²) in [6.07, 6.45) is 7.31. The molecule has 2 fully saturated rings. The lowest BCUT2D eigenvalue weighted by molar-refractivity contribution is 0.0727. The van der Waals surface area contributed by atoms with Crippen LogP contribution in [-0.2, 0) is 0 Å². The van der Waals surface area contributed by atoms with Gasteiger partial charge in [0.2, 0.25) is 0 Å². The lowest BCUT2D eigenvalue weighted by Crippen LogP contribution is -2.50. The summed E-state index contributed by atoms with van der Waals surface area (Å²) < 4.78 is 0. The Morgan fingerprint density at radius 1 is 1.12 bits per heavy atom. The fourth-order valence-electron chi connectivity index (χ4n) is 3.39. The van der Waals surface area contributed by atoms with Gasteiger partial charge in [0.05, 0.1) is 0 Å². The van der Waals surface area contributed by atoms with Gasteiger partial charge in [0, 0.05) is 19.1 Å². The van der Waals surface area contributed by atoms with Gasteiger partial charge >= 0.3 is 0 Å². The molecule has 0 bridgehead atoms. The number of likely N-dealkylation sites (tertiary alicyclic amines) is 1. The van der Waals surface area contributed by atoms with Crippen molar-refractivity contribution in [2.24, 2.45) is 23.0 Å². The molecule has 1 aliphatic carbocycles. The van der Waals surface area contributed by atoms with Crippen molar-refractivity contribution in [1.82, 2.24) is 4.90 Å². The van der Waals surface area contributed by atoms with Crippen LogP contribution < -0.4 is 5.73 Å². The topological polar surface area (TPSA) is 29.3 Å². The third kappa shape index (κ3) is 3.45. The number of piperidine rings is 1. The highest BCUT2D eigenvalue weighted by Crippen LogP contribution is 2.36. The van der Waals surface area contributed by atoms with Crippen LogP contribution >= 0.6 is 0 Å². The van der Waals surface area contributed by atoms with Crippen LogP contribution in [0.15, 0.2) is 0 Å². The van der Waals surface area contributed by atoms with Crippen LogP contribution in [-0.4, -0.2) is 30.6 Å². The van der Waals surface area contributed by atoms with Crippen LogP contribution in [0.1, 0.15) is 52.9 Å². The minimum atomic E-state index is 0.239. The molecule has 0 aromatic rings. The molecule has 2 nitrogen and oxygen atoms in total. The number of nitrogens with zero attached hydrogens (tertiary/aromatic N) is 1. The molecule has 0 aromatic carbocycles. The molecule has 2 heteroatoms. The van der Waals surface area contributed by atoms with Crippen molar-refractivity contribution >= 4 is 0 Å². The molecule has 0 radical (unpaired) electrons. The Morgan fingerprint density at radius 2 is 1.76 bits per heavy atom. The summed E-state index contributed by atoms with van der Waals surface area (Å²) >= 11 is 0. The molecule has 0 amide bonds. The second-order valence-electron chi connectivity index (χ2n) is 7.33. The maximum Gasteiger partial charge on any atom is 0.0217 e. The zero-order chi connectivity index (χ0) is 12.5. The van der Waals surface area contributed by atoms with Gasteiger partial charge in [0.25, 0.3) is 0 Å². The highest BCUT2D eigenvalue weighted by molar-refractivity contribution is 4.87. The van der Waals surface area contributed by atoms with E-state index in [0.29, 0.717) is 6.04 Å². The fraction of sp³-hybridized carbons (Fsp3) is 1.00. The molecular formula is C15H30N2. The maximum absolute atomic E-state index is 6.31. The van der Waals surface area contributed by atoms with E-state index in [-0.39, 0.29) is 5.41 Å². The van der Waals surface area contributed by atoms with Crippen LogP contribution in [0.25, 0.3) is 0 Å². The van der Waals surface area contributed by atoms with Gasteiger partial charge in [0.1, 0.15) is 0 Å². The van der Waals surface area contributed by atoms with Crippen LogP contribution in [0, 0.1) is 17.3 Å². The van der Waals surface area contributed by atoms with Gasteiger partial charge in [-0.15, -0.1) is 0 Å². The molecule has 0 aromatic heterocycles. The molecule has 2 N–H and O–H groups in total. The van der Waals surface area contributed by atoms with Crippen molar-refractivity contribution in [3.63, 3.8) is 0 Å². The first-order valence-electron chi connectivity index (χ1n) is 7.45. The van der Waals surface area contributed by atoms with E-state index in [1.807, 2.05) is 0 Å². The van der Waals surface area contributed by atoms with E-state index in [2.05, 4.69) is 25.7 Å². The zero-order valence-corrected chi connectivity index (χ0v) is 11.9. The van der Waals surface area contributed by atoms with Gasteiger partial charge in [-0.1, -0.05) is 40.0 Å². The van der Waals surface area contributed by atoms with Crippen molar-refractivity contribution in [3.05, 3.63) is 0 Å². The molecule has 0 spiro atoms. The summed E-state index contributed by atoms with van der Waals surface area (Å²) in [5.74, 6) is 2.01. The fourth-order valence-corrected chi connectivity index (χ4v) is 3.39. The SMILES string of the molecule is CC(C)(C)[C@H](N)CN1CCC2CCCCC2C1. The molecule has 1 heterocycles. The molecule has 100 valence electrons. The van der Waals surface area contributed by atoms with Crippen molar-refractivity contribution in [1.29, 1.82) is 0 Å². The van der Waals surface area contributed by atoms with E-state index in [1.165, 1.54) is 45.2 Å². The average molecular weight is 238 g/mol. The predicted molar refractivity (Wildman–Crippen MR) is 73.9 cm³/mol. The highest BCUT2D eigenvalue weighted by Gasteiger charge is 2.32. The van der Waals surface area contributed by atoms with Crippen molar-refractivity contribution < 1.29 is 0 Å². The minimum absolute atomic E-state index is 0.239. The lowest BCUT2D eigenvalue weighted by Gasteiger charge is -2.43. The highest BCUT2D eigenvalue weighted by atomic mass is 15.1. The Kier molecular flexibility index (Phi) is 4.14. The first kappa shape index (κ1) is 13.4. The third-order valence-corrected chi connectivity index (χ3v) is 4.94. The normalized spacial score (nSPS) is 33.2. The first-order valence-corrected chi connectivity index (χ1v) is 7.45. The van der Waals surface area contributed by atoms with Crippen molar-refractivity contribution in [3.8, 4) is 0 Å². The molecular weight excluding hydrogens is 208 g/mol. The summed E-state index contributed by atoms with van der Waals surface area (Å²) in [6.45, 7) is 10.5. The molecule has 1 saturated heterocycles. The second kappa shape index (κ2) is 5.27. The van der Waals surface area contributed by atoms with Gasteiger partial charge < -0.3 is 10.6 Å². The van der Waals surface area contributed by atoms with E-state index in [4.69, 9.17) is 5.73 Å². The van der Waals surface area contributed by atoms with Crippen LogP contribution in [0.4, 0.5) is 0 Å². The molecule has 2 aliphatic rings. The summed E-state index contributed by atoms with van der Waals surface area (Å²) in [7, 11) is 0. The largest absolute Gasteiger partial charge is 0.326 e. The van der Waals surface area contributed by atoms with E-state index in [0.717, 1.165) is 18.4 Å². The van der Waals surface area contributed by atoms with Crippen molar-refractivity contribution in [2.45, 2.75) is 58.9 Å². The zero-order valence-electron chi connectivity index (χ0n) is 11.9. The number of fused-ring (bicyclic) bond motifs is 1. The van der Waals surface area contributed by atoms with Crippen LogP contribution in [0.5, 0.6) is 0 Å². The third-order valence-electron chi connectivity index (χ3n) is 4.94. The summed E-state index contributed by atoms with van der Waals surface area (Å²) in [6, 6.07) is 0.308. The van der Waals surface area contributed by atoms with E-state index >= 15 is 0 Å². The van der Waals surface area contributed by atoms with Gasteiger partial charge in [0.15, 0.2) is 0 Å². The van der Waals surface area contributed by atoms with Crippen LogP contribution in [0.2, 0.25) is 0 Å². The van der Waals surface area contributed by atoms with Crippen molar-refractivity contribution in [2.75, 3.05) is 19.6 Å². The smallest absolute Gasteiger partial charge is 0.0217 e.